The van der Waals surface area contributed by atoms with Gasteiger partial charge < -0.3 is 10.1 Å². The number of rotatable bonds is 10. The second kappa shape index (κ2) is 11.7. The first-order valence-corrected chi connectivity index (χ1v) is 12.7. The van der Waals surface area contributed by atoms with Crippen molar-refractivity contribution in [2.24, 2.45) is 0 Å². The van der Waals surface area contributed by atoms with Crippen molar-refractivity contribution in [1.29, 1.82) is 0 Å². The Morgan fingerprint density at radius 3 is 2.39 bits per heavy atom. The minimum atomic E-state index is -3.78. The fourth-order valence-corrected chi connectivity index (χ4v) is 5.21. The molecule has 0 fully saturated rings. The van der Waals surface area contributed by atoms with Crippen LogP contribution in [-0.4, -0.2) is 40.0 Å². The highest BCUT2D eigenvalue weighted by Gasteiger charge is 2.24. The zero-order valence-electron chi connectivity index (χ0n) is 18.8. The van der Waals surface area contributed by atoms with Crippen molar-refractivity contribution in [1.82, 2.24) is 5.32 Å². The molecule has 0 bridgehead atoms. The van der Waals surface area contributed by atoms with Crippen molar-refractivity contribution in [2.75, 3.05) is 24.0 Å². The normalized spacial score (nSPS) is 13.7. The first-order valence-electron chi connectivity index (χ1n) is 11.2. The Morgan fingerprint density at radius 1 is 1.03 bits per heavy atom. The van der Waals surface area contributed by atoms with Crippen LogP contribution in [0, 0.1) is 0 Å². The van der Waals surface area contributed by atoms with Gasteiger partial charge in [0, 0.05) is 13.1 Å². The summed E-state index contributed by atoms with van der Waals surface area (Å²) in [7, 11) is -3.78. The molecule has 7 nitrogen and oxygen atoms in total. The number of hydrogen-bond acceptors (Lipinski definition) is 5. The Morgan fingerprint density at radius 2 is 1.76 bits per heavy atom. The molecule has 3 rings (SSSR count). The van der Waals surface area contributed by atoms with Gasteiger partial charge in [-0.25, -0.2) is 13.2 Å². The summed E-state index contributed by atoms with van der Waals surface area (Å²) in [5, 5.41) is 2.76. The second-order valence-corrected chi connectivity index (χ2v) is 9.68. The van der Waals surface area contributed by atoms with E-state index in [2.05, 4.69) is 11.4 Å². The Bertz CT molecular complexity index is 1080. The van der Waals surface area contributed by atoms with Crippen molar-refractivity contribution >= 4 is 27.6 Å². The van der Waals surface area contributed by atoms with Crippen LogP contribution in [0.15, 0.2) is 71.1 Å². The summed E-state index contributed by atoms with van der Waals surface area (Å²) >= 11 is 0. The summed E-state index contributed by atoms with van der Waals surface area (Å²) in [6.07, 6.45) is 7.65. The molecule has 176 valence electrons. The Kier molecular flexibility index (Phi) is 8.65. The molecule has 8 heteroatoms. The smallest absolute Gasteiger partial charge is 0.338 e. The number of anilines is 1. The fourth-order valence-electron chi connectivity index (χ4n) is 3.74. The molecule has 0 aromatic heterocycles. The second-order valence-electron chi connectivity index (χ2n) is 7.81. The van der Waals surface area contributed by atoms with Crippen molar-refractivity contribution < 1.29 is 22.7 Å². The number of hydrogen-bond donors (Lipinski definition) is 1. The number of nitrogens with one attached hydrogen (secondary N) is 1. The molecular formula is C25H30N2O5S. The average molecular weight is 471 g/mol. The molecule has 1 aliphatic carbocycles. The maximum atomic E-state index is 13.0. The third kappa shape index (κ3) is 6.68. The van der Waals surface area contributed by atoms with Gasteiger partial charge in [-0.15, -0.1) is 0 Å². The summed E-state index contributed by atoms with van der Waals surface area (Å²) in [6, 6.07) is 14.3. The van der Waals surface area contributed by atoms with Gasteiger partial charge in [-0.3, -0.25) is 9.10 Å². The van der Waals surface area contributed by atoms with Crippen LogP contribution in [-0.2, 0) is 19.6 Å². The minimum Gasteiger partial charge on any atom is -0.452 e. The molecule has 0 saturated heterocycles. The number of allylic oxidation sites excluding steroid dienone is 1. The first kappa shape index (κ1) is 24.5. The lowest BCUT2D eigenvalue weighted by Crippen LogP contribution is -2.31. The van der Waals surface area contributed by atoms with Crippen LogP contribution in [0.2, 0.25) is 0 Å². The summed E-state index contributed by atoms with van der Waals surface area (Å²) in [5.41, 5.74) is 2.11. The third-order valence-electron chi connectivity index (χ3n) is 5.50. The molecule has 0 unspecified atom stereocenters. The van der Waals surface area contributed by atoms with Crippen molar-refractivity contribution in [2.45, 2.75) is 43.9 Å². The number of sulfonamides is 1. The van der Waals surface area contributed by atoms with E-state index < -0.39 is 16.0 Å². The van der Waals surface area contributed by atoms with Gasteiger partial charge in [0.2, 0.25) is 0 Å². The van der Waals surface area contributed by atoms with Gasteiger partial charge >= 0.3 is 5.97 Å². The zero-order chi connectivity index (χ0) is 23.7. The van der Waals surface area contributed by atoms with Gasteiger partial charge in [-0.1, -0.05) is 29.8 Å². The van der Waals surface area contributed by atoms with E-state index in [0.717, 1.165) is 19.3 Å². The Balaban J connectivity index is 1.53. The number of carbonyl (C=O) groups is 2. The van der Waals surface area contributed by atoms with E-state index in [1.807, 2.05) is 6.07 Å². The van der Waals surface area contributed by atoms with E-state index in [1.165, 1.54) is 47.0 Å². The van der Waals surface area contributed by atoms with Crippen LogP contribution in [0.1, 0.15) is 49.4 Å². The van der Waals surface area contributed by atoms with E-state index in [0.29, 0.717) is 12.2 Å². The molecule has 1 amide bonds. The van der Waals surface area contributed by atoms with Crippen LogP contribution in [0.3, 0.4) is 0 Å². The lowest BCUT2D eigenvalue weighted by molar-refractivity contribution is -0.124. The molecule has 0 spiro atoms. The highest BCUT2D eigenvalue weighted by Crippen LogP contribution is 2.23. The number of esters is 1. The monoisotopic (exact) mass is 470 g/mol. The Hall–Kier alpha value is -3.13. The number of benzene rings is 2. The van der Waals surface area contributed by atoms with E-state index in [9.17, 15) is 18.0 Å². The van der Waals surface area contributed by atoms with Crippen LogP contribution >= 0.6 is 0 Å². The van der Waals surface area contributed by atoms with Crippen LogP contribution in [0.5, 0.6) is 0 Å². The largest absolute Gasteiger partial charge is 0.452 e. The third-order valence-corrected chi connectivity index (χ3v) is 7.41. The van der Waals surface area contributed by atoms with Gasteiger partial charge in [-0.2, -0.15) is 0 Å². The Labute approximate surface area is 195 Å². The summed E-state index contributed by atoms with van der Waals surface area (Å²) in [5.74, 6) is -1.04. The molecular weight excluding hydrogens is 440 g/mol. The molecule has 0 heterocycles. The van der Waals surface area contributed by atoms with E-state index in [-0.39, 0.29) is 29.5 Å². The first-order chi connectivity index (χ1) is 15.9. The molecule has 2 aromatic rings. The number of nitrogens with zero attached hydrogens (tertiary/aromatic N) is 1. The van der Waals surface area contributed by atoms with Crippen LogP contribution < -0.4 is 9.62 Å². The van der Waals surface area contributed by atoms with E-state index in [1.54, 1.807) is 31.2 Å². The molecule has 33 heavy (non-hydrogen) atoms. The highest BCUT2D eigenvalue weighted by molar-refractivity contribution is 7.92. The lowest BCUT2D eigenvalue weighted by atomic mass is 9.97. The van der Waals surface area contributed by atoms with Crippen molar-refractivity contribution in [3.8, 4) is 0 Å². The van der Waals surface area contributed by atoms with Gasteiger partial charge in [-0.05, 0) is 75.4 Å². The van der Waals surface area contributed by atoms with Crippen molar-refractivity contribution in [3.05, 3.63) is 71.8 Å². The fraction of sp³-hybridized carbons (Fsp3) is 0.360. The maximum Gasteiger partial charge on any atom is 0.338 e. The molecule has 0 radical (unpaired) electrons. The zero-order valence-corrected chi connectivity index (χ0v) is 19.6. The van der Waals surface area contributed by atoms with E-state index in [4.69, 9.17) is 4.74 Å². The van der Waals surface area contributed by atoms with Gasteiger partial charge in [0.25, 0.3) is 15.9 Å². The molecule has 1 aliphatic rings. The quantitative estimate of drug-likeness (QED) is 0.417. The predicted octanol–water partition coefficient (Wildman–Crippen LogP) is 4.07. The molecule has 0 saturated carbocycles. The van der Waals surface area contributed by atoms with Crippen LogP contribution in [0.4, 0.5) is 5.69 Å². The standard InChI is InChI=1S/C25H30N2O5S/c1-2-27(22-11-7-4-8-12-22)33(30,31)23-15-13-21(14-16-23)25(29)32-19-24(28)26-18-17-20-9-5-3-6-10-20/h4,7-9,11-16H,2-3,5-6,10,17-19H2,1H3,(H,26,28). The van der Waals surface area contributed by atoms with Gasteiger partial charge in [0.05, 0.1) is 16.1 Å². The number of ether oxygens (including phenoxy) is 1. The van der Waals surface area contributed by atoms with Crippen LogP contribution in [0.25, 0.3) is 0 Å². The highest BCUT2D eigenvalue weighted by atomic mass is 32.2. The van der Waals surface area contributed by atoms with Crippen molar-refractivity contribution in [3.63, 3.8) is 0 Å². The SMILES string of the molecule is CCN(c1ccccc1)S(=O)(=O)c1ccc(C(=O)OCC(=O)NCCC2=CCCCC2)cc1. The van der Waals surface area contributed by atoms with Gasteiger partial charge in [0.1, 0.15) is 0 Å². The summed E-state index contributed by atoms with van der Waals surface area (Å²) in [4.78, 5) is 24.3. The number of carbonyl (C=O) groups excluding carboxylic acids is 2. The van der Waals surface area contributed by atoms with Gasteiger partial charge in [0.15, 0.2) is 6.61 Å². The predicted molar refractivity (Wildman–Crippen MR) is 128 cm³/mol. The number of amides is 1. The molecule has 1 N–H and O–H groups in total. The number of para-hydroxylation sites is 1. The summed E-state index contributed by atoms with van der Waals surface area (Å²) < 4.78 is 32.4. The average Bonchev–Trinajstić information content (AvgIpc) is 2.84. The maximum absolute atomic E-state index is 13.0. The van der Waals surface area contributed by atoms with E-state index >= 15 is 0 Å². The topological polar surface area (TPSA) is 92.8 Å². The minimum absolute atomic E-state index is 0.0690. The summed E-state index contributed by atoms with van der Waals surface area (Å²) in [6.45, 7) is 2.16. The molecule has 0 aliphatic heterocycles. The molecule has 0 atom stereocenters. The molecule has 2 aromatic carbocycles. The lowest BCUT2D eigenvalue weighted by Gasteiger charge is -2.22.